The molecule has 6 rings (SSSR count). The first-order valence-corrected chi connectivity index (χ1v) is 11.8. The summed E-state index contributed by atoms with van der Waals surface area (Å²) < 4.78 is 39.7. The fourth-order valence-electron chi connectivity index (χ4n) is 7.22. The van der Waals surface area contributed by atoms with Gasteiger partial charge >= 0.3 is 6.18 Å². The molecule has 1 aliphatic heterocycles. The smallest absolute Gasteiger partial charge is 0.385 e. The van der Waals surface area contributed by atoms with E-state index in [1.165, 1.54) is 31.4 Å². The molecule has 4 aliphatic carbocycles. The van der Waals surface area contributed by atoms with E-state index in [2.05, 4.69) is 4.90 Å². The third kappa shape index (κ3) is 4.39. The molecule has 0 spiro atoms. The van der Waals surface area contributed by atoms with Crippen LogP contribution in [0.2, 0.25) is 5.02 Å². The standard InChI is InChI=1S/C24H29ClF3NO2.BrH/c25-20-2-1-18(10-19(20)24(26,27)28)23(31)3-5-29(6-4-23)14-21(30)22-11-15-7-16(12-22)9-17(8-15)13-22;/h1-2,10,15-17,31H,3-9,11-14H2;1H. The highest BCUT2D eigenvalue weighted by Crippen LogP contribution is 2.60. The molecular formula is C24H30BrClF3NO2. The Balaban J connectivity index is 0.00000245. The monoisotopic (exact) mass is 535 g/mol. The summed E-state index contributed by atoms with van der Waals surface area (Å²) in [6.45, 7) is 1.40. The number of hydrogen-bond donors (Lipinski definition) is 1. The van der Waals surface area contributed by atoms with Crippen LogP contribution in [0.25, 0.3) is 0 Å². The maximum atomic E-state index is 13.3. The van der Waals surface area contributed by atoms with Crippen LogP contribution in [0.15, 0.2) is 18.2 Å². The molecule has 0 amide bonds. The van der Waals surface area contributed by atoms with Crippen LogP contribution in [0.5, 0.6) is 0 Å². The first kappa shape index (κ1) is 24.5. The number of ketones is 1. The SMILES string of the molecule is Br.O=C(CN1CCC(O)(c2ccc(Cl)c(C(F)(F)F)c2)CC1)C12CC3CC(CC(C3)C1)C2. The van der Waals surface area contributed by atoms with Crippen LogP contribution in [-0.4, -0.2) is 35.4 Å². The van der Waals surface area contributed by atoms with Gasteiger partial charge in [0.25, 0.3) is 0 Å². The molecule has 1 heterocycles. The molecule has 1 aromatic carbocycles. The summed E-state index contributed by atoms with van der Waals surface area (Å²) in [6, 6.07) is 3.66. The van der Waals surface area contributed by atoms with Crippen LogP contribution in [0.3, 0.4) is 0 Å². The number of carbonyl (C=O) groups is 1. The fraction of sp³-hybridized carbons (Fsp3) is 0.708. The van der Waals surface area contributed by atoms with Crippen molar-refractivity contribution in [2.45, 2.75) is 63.1 Å². The molecule has 0 aromatic heterocycles. The molecule has 4 saturated carbocycles. The summed E-state index contributed by atoms with van der Waals surface area (Å²) in [5, 5.41) is 10.7. The summed E-state index contributed by atoms with van der Waals surface area (Å²) in [5.41, 5.74) is -2.14. The number of nitrogens with zero attached hydrogens (tertiary/aromatic N) is 1. The Morgan fingerprint density at radius 1 is 1.06 bits per heavy atom. The minimum absolute atomic E-state index is 0. The van der Waals surface area contributed by atoms with Gasteiger partial charge in [-0.1, -0.05) is 17.7 Å². The number of halogens is 5. The molecule has 5 fully saturated rings. The van der Waals surface area contributed by atoms with Gasteiger partial charge in [-0.15, -0.1) is 17.0 Å². The van der Waals surface area contributed by atoms with E-state index in [0.717, 1.165) is 43.1 Å². The van der Waals surface area contributed by atoms with E-state index in [1.54, 1.807) is 0 Å². The number of hydrogen-bond acceptors (Lipinski definition) is 3. The van der Waals surface area contributed by atoms with E-state index in [0.29, 0.717) is 38.3 Å². The lowest BCUT2D eigenvalue weighted by Crippen LogP contribution is -2.53. The van der Waals surface area contributed by atoms with E-state index in [1.807, 2.05) is 0 Å². The third-order valence-corrected chi connectivity index (χ3v) is 8.82. The minimum Gasteiger partial charge on any atom is -0.385 e. The molecule has 3 nitrogen and oxygen atoms in total. The number of piperidine rings is 1. The molecule has 0 radical (unpaired) electrons. The Kier molecular flexibility index (Phi) is 6.54. The van der Waals surface area contributed by atoms with Gasteiger partial charge in [-0.2, -0.15) is 13.2 Å². The zero-order chi connectivity index (χ0) is 22.0. The van der Waals surface area contributed by atoms with Crippen LogP contribution in [0.1, 0.15) is 62.5 Å². The Morgan fingerprint density at radius 2 is 1.59 bits per heavy atom. The van der Waals surface area contributed by atoms with Crippen LogP contribution in [-0.2, 0) is 16.6 Å². The van der Waals surface area contributed by atoms with Crippen molar-refractivity contribution in [3.05, 3.63) is 34.3 Å². The maximum absolute atomic E-state index is 13.3. The van der Waals surface area contributed by atoms with Gasteiger partial charge in [-0.25, -0.2) is 0 Å². The van der Waals surface area contributed by atoms with Gasteiger partial charge in [0, 0.05) is 18.5 Å². The molecule has 178 valence electrons. The van der Waals surface area contributed by atoms with E-state index in [9.17, 15) is 23.1 Å². The van der Waals surface area contributed by atoms with Crippen molar-refractivity contribution >= 4 is 34.4 Å². The highest BCUT2D eigenvalue weighted by Gasteiger charge is 2.54. The Hall–Kier alpha value is -0.630. The third-order valence-electron chi connectivity index (χ3n) is 8.49. The second-order valence-electron chi connectivity index (χ2n) is 10.6. The fourth-order valence-corrected chi connectivity index (χ4v) is 7.45. The van der Waals surface area contributed by atoms with Gasteiger partial charge in [0.05, 0.1) is 22.7 Å². The predicted molar refractivity (Wildman–Crippen MR) is 122 cm³/mol. The zero-order valence-corrected chi connectivity index (χ0v) is 20.4. The Labute approximate surface area is 202 Å². The van der Waals surface area contributed by atoms with Crippen molar-refractivity contribution in [2.24, 2.45) is 23.2 Å². The lowest BCUT2D eigenvalue weighted by molar-refractivity contribution is -0.146. The second kappa shape index (κ2) is 8.54. The zero-order valence-electron chi connectivity index (χ0n) is 18.0. The molecule has 32 heavy (non-hydrogen) atoms. The normalized spacial score (nSPS) is 33.7. The van der Waals surface area contributed by atoms with Gasteiger partial charge in [-0.3, -0.25) is 9.69 Å². The minimum atomic E-state index is -4.56. The molecule has 0 atom stereocenters. The van der Waals surface area contributed by atoms with Crippen LogP contribution < -0.4 is 0 Å². The van der Waals surface area contributed by atoms with E-state index >= 15 is 0 Å². The van der Waals surface area contributed by atoms with Gasteiger partial charge in [0.2, 0.25) is 0 Å². The molecular weight excluding hydrogens is 507 g/mol. The van der Waals surface area contributed by atoms with Crippen molar-refractivity contribution in [2.75, 3.05) is 19.6 Å². The van der Waals surface area contributed by atoms with Crippen molar-refractivity contribution in [3.8, 4) is 0 Å². The quantitative estimate of drug-likeness (QED) is 0.513. The van der Waals surface area contributed by atoms with Gasteiger partial charge in [0.1, 0.15) is 0 Å². The van der Waals surface area contributed by atoms with Crippen molar-refractivity contribution in [1.29, 1.82) is 0 Å². The number of benzene rings is 1. The number of aliphatic hydroxyl groups is 1. The van der Waals surface area contributed by atoms with Crippen LogP contribution in [0.4, 0.5) is 13.2 Å². The lowest BCUT2D eigenvalue weighted by atomic mass is 9.48. The van der Waals surface area contributed by atoms with Gasteiger partial charge in [0.15, 0.2) is 5.78 Å². The predicted octanol–water partition coefficient (Wildman–Crippen LogP) is 6.01. The summed E-state index contributed by atoms with van der Waals surface area (Å²) in [5.74, 6) is 2.50. The first-order chi connectivity index (χ1) is 14.6. The summed E-state index contributed by atoms with van der Waals surface area (Å²) in [7, 11) is 0. The lowest BCUT2D eigenvalue weighted by Gasteiger charge is -2.56. The highest BCUT2D eigenvalue weighted by atomic mass is 79.9. The molecule has 4 bridgehead atoms. The van der Waals surface area contributed by atoms with Crippen molar-refractivity contribution < 1.29 is 23.1 Å². The Bertz CT molecular complexity index is 847. The van der Waals surface area contributed by atoms with Gasteiger partial charge < -0.3 is 5.11 Å². The van der Waals surface area contributed by atoms with Crippen molar-refractivity contribution in [1.82, 2.24) is 4.90 Å². The molecule has 1 aromatic rings. The van der Waals surface area contributed by atoms with E-state index in [-0.39, 0.29) is 33.0 Å². The number of likely N-dealkylation sites (tertiary alicyclic amines) is 1. The van der Waals surface area contributed by atoms with E-state index < -0.39 is 17.3 Å². The first-order valence-electron chi connectivity index (χ1n) is 11.4. The Morgan fingerprint density at radius 3 is 2.09 bits per heavy atom. The molecule has 1 saturated heterocycles. The summed E-state index contributed by atoms with van der Waals surface area (Å²) in [6.07, 6.45) is 3.06. The van der Waals surface area contributed by atoms with Gasteiger partial charge in [-0.05, 0) is 86.8 Å². The average Bonchev–Trinajstić information content (AvgIpc) is 2.68. The van der Waals surface area contributed by atoms with Crippen LogP contribution >= 0.6 is 28.6 Å². The molecule has 8 heteroatoms. The second-order valence-corrected chi connectivity index (χ2v) is 11.0. The summed E-state index contributed by atoms with van der Waals surface area (Å²) >= 11 is 5.73. The molecule has 5 aliphatic rings. The number of Topliss-reactive ketones (excluding diaryl/α,β-unsaturated/α-hetero) is 1. The molecule has 0 unspecified atom stereocenters. The number of carbonyl (C=O) groups excluding carboxylic acids is 1. The molecule has 1 N–H and O–H groups in total. The number of rotatable bonds is 4. The van der Waals surface area contributed by atoms with Crippen molar-refractivity contribution in [3.63, 3.8) is 0 Å². The topological polar surface area (TPSA) is 40.5 Å². The number of alkyl halides is 3. The van der Waals surface area contributed by atoms with Crippen LogP contribution in [0, 0.1) is 23.2 Å². The largest absolute Gasteiger partial charge is 0.417 e. The maximum Gasteiger partial charge on any atom is 0.417 e. The average molecular weight is 537 g/mol. The summed E-state index contributed by atoms with van der Waals surface area (Å²) in [4.78, 5) is 15.4. The van der Waals surface area contributed by atoms with E-state index in [4.69, 9.17) is 11.6 Å². The highest BCUT2D eigenvalue weighted by molar-refractivity contribution is 8.93.